The van der Waals surface area contributed by atoms with Crippen molar-refractivity contribution < 1.29 is 14.4 Å². The summed E-state index contributed by atoms with van der Waals surface area (Å²) in [5.74, 6) is -1.17. The number of hydrogen-bond donors (Lipinski definition) is 3. The normalized spacial score (nSPS) is 18.2. The highest BCUT2D eigenvalue weighted by atomic mass is 16.2. The number of carbonyl (C=O) groups is 3. The van der Waals surface area contributed by atoms with Crippen molar-refractivity contribution in [3.63, 3.8) is 0 Å². The third-order valence-electron chi connectivity index (χ3n) is 2.79. The molecular weight excluding hydrogens is 234 g/mol. The first-order valence-electron chi connectivity index (χ1n) is 5.53. The van der Waals surface area contributed by atoms with Gasteiger partial charge in [-0.2, -0.15) is 0 Å². The maximum Gasteiger partial charge on any atom is 0.248 e. The number of anilines is 1. The molecule has 1 aromatic carbocycles. The number of hydrogen-bond acceptors (Lipinski definition) is 3. The van der Waals surface area contributed by atoms with Gasteiger partial charge in [-0.05, 0) is 24.3 Å². The van der Waals surface area contributed by atoms with E-state index in [1.54, 1.807) is 12.1 Å². The summed E-state index contributed by atoms with van der Waals surface area (Å²) < 4.78 is 0. The van der Waals surface area contributed by atoms with Crippen LogP contribution in [0.15, 0.2) is 24.3 Å². The highest BCUT2D eigenvalue weighted by Crippen LogP contribution is 2.14. The first-order valence-corrected chi connectivity index (χ1v) is 5.53. The Morgan fingerprint density at radius 3 is 2.44 bits per heavy atom. The van der Waals surface area contributed by atoms with E-state index in [0.717, 1.165) is 0 Å². The van der Waals surface area contributed by atoms with Gasteiger partial charge in [0, 0.05) is 24.2 Å². The van der Waals surface area contributed by atoms with E-state index in [9.17, 15) is 14.4 Å². The second-order valence-corrected chi connectivity index (χ2v) is 4.14. The SMILES string of the molecule is NC(=O)c1ccc(NC(=O)C2CNC(=O)C2)cc1. The highest BCUT2D eigenvalue weighted by Gasteiger charge is 2.27. The molecule has 0 spiro atoms. The average Bonchev–Trinajstić information content (AvgIpc) is 2.76. The predicted octanol–water partition coefficient (Wildman–Crippen LogP) is -0.140. The summed E-state index contributed by atoms with van der Waals surface area (Å²) in [6.07, 6.45) is 0.213. The van der Waals surface area contributed by atoms with E-state index in [-0.39, 0.29) is 24.2 Å². The maximum absolute atomic E-state index is 11.8. The molecule has 0 saturated carbocycles. The van der Waals surface area contributed by atoms with Crippen LogP contribution < -0.4 is 16.4 Å². The van der Waals surface area contributed by atoms with Crippen molar-refractivity contribution in [3.8, 4) is 0 Å². The standard InChI is InChI=1S/C12H13N3O3/c13-11(17)7-1-3-9(4-2-7)15-12(18)8-5-10(16)14-6-8/h1-4,8H,5-6H2,(H2,13,17)(H,14,16)(H,15,18). The fourth-order valence-electron chi connectivity index (χ4n) is 1.75. The van der Waals surface area contributed by atoms with Crippen LogP contribution in [0.2, 0.25) is 0 Å². The van der Waals surface area contributed by atoms with Gasteiger partial charge in [0.15, 0.2) is 0 Å². The summed E-state index contributed by atoms with van der Waals surface area (Å²) in [7, 11) is 0. The molecule has 6 nitrogen and oxygen atoms in total. The van der Waals surface area contributed by atoms with Crippen LogP contribution in [-0.2, 0) is 9.59 Å². The van der Waals surface area contributed by atoms with E-state index in [1.165, 1.54) is 12.1 Å². The smallest absolute Gasteiger partial charge is 0.248 e. The molecule has 18 heavy (non-hydrogen) atoms. The molecular formula is C12H13N3O3. The Morgan fingerprint density at radius 1 is 1.28 bits per heavy atom. The molecule has 0 aromatic heterocycles. The summed E-state index contributed by atoms with van der Waals surface area (Å²) in [6.45, 7) is 0.365. The average molecular weight is 247 g/mol. The maximum atomic E-state index is 11.8. The van der Waals surface area contributed by atoms with Gasteiger partial charge in [0.2, 0.25) is 17.7 Å². The van der Waals surface area contributed by atoms with Crippen molar-refractivity contribution >= 4 is 23.4 Å². The van der Waals surface area contributed by atoms with Crippen molar-refractivity contribution in [2.75, 3.05) is 11.9 Å². The first-order chi connectivity index (χ1) is 8.56. The Kier molecular flexibility index (Phi) is 3.27. The van der Waals surface area contributed by atoms with Gasteiger partial charge in [0.1, 0.15) is 0 Å². The second-order valence-electron chi connectivity index (χ2n) is 4.14. The topological polar surface area (TPSA) is 101 Å². The van der Waals surface area contributed by atoms with E-state index in [0.29, 0.717) is 17.8 Å². The fourth-order valence-corrected chi connectivity index (χ4v) is 1.75. The monoisotopic (exact) mass is 247 g/mol. The Labute approximate surface area is 104 Å². The zero-order valence-corrected chi connectivity index (χ0v) is 9.60. The summed E-state index contributed by atoms with van der Waals surface area (Å²) in [4.78, 5) is 33.6. The van der Waals surface area contributed by atoms with Crippen molar-refractivity contribution in [1.82, 2.24) is 5.32 Å². The molecule has 1 saturated heterocycles. The van der Waals surface area contributed by atoms with Crippen molar-refractivity contribution in [2.45, 2.75) is 6.42 Å². The number of carbonyl (C=O) groups excluding carboxylic acids is 3. The molecule has 1 heterocycles. The number of benzene rings is 1. The van der Waals surface area contributed by atoms with Crippen LogP contribution in [0.1, 0.15) is 16.8 Å². The third kappa shape index (κ3) is 2.65. The van der Waals surface area contributed by atoms with Crippen molar-refractivity contribution in [2.24, 2.45) is 11.7 Å². The van der Waals surface area contributed by atoms with Gasteiger partial charge in [-0.25, -0.2) is 0 Å². The van der Waals surface area contributed by atoms with Gasteiger partial charge in [-0.1, -0.05) is 0 Å². The molecule has 94 valence electrons. The highest BCUT2D eigenvalue weighted by molar-refractivity contribution is 5.98. The van der Waals surface area contributed by atoms with Gasteiger partial charge < -0.3 is 16.4 Å². The summed E-state index contributed by atoms with van der Waals surface area (Å²) >= 11 is 0. The number of amides is 3. The Hall–Kier alpha value is -2.37. The number of nitrogens with two attached hydrogens (primary N) is 1. The minimum Gasteiger partial charge on any atom is -0.366 e. The molecule has 3 amide bonds. The van der Waals surface area contributed by atoms with Gasteiger partial charge >= 0.3 is 0 Å². The van der Waals surface area contributed by atoms with E-state index < -0.39 is 5.91 Å². The minimum absolute atomic E-state index is 0.112. The zero-order chi connectivity index (χ0) is 13.1. The number of nitrogens with one attached hydrogen (secondary N) is 2. The van der Waals surface area contributed by atoms with Gasteiger partial charge in [0.05, 0.1) is 5.92 Å². The van der Waals surface area contributed by atoms with E-state index >= 15 is 0 Å². The first kappa shape index (κ1) is 12.1. The van der Waals surface area contributed by atoms with Crippen LogP contribution >= 0.6 is 0 Å². The van der Waals surface area contributed by atoms with Crippen molar-refractivity contribution in [3.05, 3.63) is 29.8 Å². The lowest BCUT2D eigenvalue weighted by Crippen LogP contribution is -2.24. The summed E-state index contributed by atoms with van der Waals surface area (Å²) in [6, 6.07) is 6.27. The minimum atomic E-state index is -0.515. The number of primary amides is 1. The second kappa shape index (κ2) is 4.87. The Balaban J connectivity index is 1.99. The molecule has 1 aromatic rings. The molecule has 0 radical (unpaired) electrons. The van der Waals surface area contributed by atoms with E-state index in [2.05, 4.69) is 10.6 Å². The molecule has 1 atom stereocenters. The van der Waals surface area contributed by atoms with E-state index in [1.807, 2.05) is 0 Å². The number of rotatable bonds is 3. The molecule has 1 aliphatic heterocycles. The third-order valence-corrected chi connectivity index (χ3v) is 2.79. The lowest BCUT2D eigenvalue weighted by Gasteiger charge is -2.09. The summed E-state index contributed by atoms with van der Waals surface area (Å²) in [5.41, 5.74) is 6.06. The van der Waals surface area contributed by atoms with Gasteiger partial charge in [-0.3, -0.25) is 14.4 Å². The quantitative estimate of drug-likeness (QED) is 0.692. The van der Waals surface area contributed by atoms with Crippen LogP contribution in [0, 0.1) is 5.92 Å². The predicted molar refractivity (Wildman–Crippen MR) is 64.7 cm³/mol. The van der Waals surface area contributed by atoms with Gasteiger partial charge in [-0.15, -0.1) is 0 Å². The molecule has 4 N–H and O–H groups in total. The molecule has 0 bridgehead atoms. The lowest BCUT2D eigenvalue weighted by atomic mass is 10.1. The van der Waals surface area contributed by atoms with Crippen LogP contribution in [-0.4, -0.2) is 24.3 Å². The van der Waals surface area contributed by atoms with Crippen LogP contribution in [0.4, 0.5) is 5.69 Å². The molecule has 2 rings (SSSR count). The van der Waals surface area contributed by atoms with Crippen LogP contribution in [0.5, 0.6) is 0 Å². The van der Waals surface area contributed by atoms with Crippen LogP contribution in [0.25, 0.3) is 0 Å². The fraction of sp³-hybridized carbons (Fsp3) is 0.250. The molecule has 1 aliphatic rings. The lowest BCUT2D eigenvalue weighted by molar-refractivity contribution is -0.123. The van der Waals surface area contributed by atoms with Gasteiger partial charge in [0.25, 0.3) is 0 Å². The molecule has 0 aliphatic carbocycles. The molecule has 1 fully saturated rings. The largest absolute Gasteiger partial charge is 0.366 e. The van der Waals surface area contributed by atoms with Crippen LogP contribution in [0.3, 0.4) is 0 Å². The Morgan fingerprint density at radius 2 is 1.94 bits per heavy atom. The summed E-state index contributed by atoms with van der Waals surface area (Å²) in [5, 5.41) is 5.29. The van der Waals surface area contributed by atoms with E-state index in [4.69, 9.17) is 5.73 Å². The van der Waals surface area contributed by atoms with Crippen molar-refractivity contribution in [1.29, 1.82) is 0 Å². The zero-order valence-electron chi connectivity index (χ0n) is 9.60. The molecule has 1 unspecified atom stereocenters. The molecule has 6 heteroatoms. The Bertz CT molecular complexity index is 496.